The lowest BCUT2D eigenvalue weighted by Gasteiger charge is -2.45. The molecule has 0 aliphatic carbocycles. The van der Waals surface area contributed by atoms with Crippen LogP contribution < -0.4 is 20.1 Å². The van der Waals surface area contributed by atoms with Gasteiger partial charge in [-0.1, -0.05) is 12.1 Å². The van der Waals surface area contributed by atoms with E-state index in [2.05, 4.69) is 20.3 Å². The standard InChI is InChI=1S/C26H39N5O6S/c1-38(34,35)29-21-7-6-19-10-15-36-23-5-3-2-4-20(23)26(33)31-14-13-30(18-8-11-27-12-9-18)17-22(31)25(32)28-16-24(21)37-19/h2-5,18-19,21-22,24,27,29H,6-17H2,1H3,(H,28,32)/t19-,21+,22-,24+/m0/s1. The Hall–Kier alpha value is -2.25. The van der Waals surface area contributed by atoms with Gasteiger partial charge in [-0.15, -0.1) is 0 Å². The molecular formula is C26H39N5O6S. The Kier molecular flexibility index (Phi) is 8.53. The number of para-hydroxylation sites is 1. The van der Waals surface area contributed by atoms with Crippen LogP contribution in [-0.2, 0) is 19.6 Å². The first kappa shape index (κ1) is 27.3. The molecule has 5 rings (SSSR count). The van der Waals surface area contributed by atoms with E-state index in [0.717, 1.165) is 32.2 Å². The van der Waals surface area contributed by atoms with Crippen molar-refractivity contribution in [3.63, 3.8) is 0 Å². The molecule has 38 heavy (non-hydrogen) atoms. The molecule has 4 atom stereocenters. The molecule has 0 saturated carbocycles. The summed E-state index contributed by atoms with van der Waals surface area (Å²) in [4.78, 5) is 31.5. The van der Waals surface area contributed by atoms with Crippen LogP contribution in [-0.4, -0.2) is 112 Å². The van der Waals surface area contributed by atoms with Crippen molar-refractivity contribution in [1.82, 2.24) is 25.2 Å². The zero-order valence-electron chi connectivity index (χ0n) is 21.9. The van der Waals surface area contributed by atoms with Crippen LogP contribution in [0.4, 0.5) is 0 Å². The first-order valence-electron chi connectivity index (χ1n) is 13.7. The molecule has 210 valence electrons. The van der Waals surface area contributed by atoms with Crippen LogP contribution in [0.5, 0.6) is 5.75 Å². The lowest BCUT2D eigenvalue weighted by molar-refractivity contribution is -0.130. The summed E-state index contributed by atoms with van der Waals surface area (Å²) in [7, 11) is -3.45. The molecule has 12 heteroatoms. The summed E-state index contributed by atoms with van der Waals surface area (Å²) in [5, 5.41) is 6.40. The quantitative estimate of drug-likeness (QED) is 0.478. The van der Waals surface area contributed by atoms with Gasteiger partial charge in [-0.3, -0.25) is 14.5 Å². The number of piperazine rings is 1. The van der Waals surface area contributed by atoms with E-state index in [4.69, 9.17) is 9.47 Å². The van der Waals surface area contributed by atoms with Gasteiger partial charge in [0.1, 0.15) is 11.8 Å². The van der Waals surface area contributed by atoms with Crippen molar-refractivity contribution in [2.75, 3.05) is 52.1 Å². The van der Waals surface area contributed by atoms with Crippen molar-refractivity contribution in [1.29, 1.82) is 0 Å². The second-order valence-corrected chi connectivity index (χ2v) is 12.5. The van der Waals surface area contributed by atoms with Gasteiger partial charge in [0.25, 0.3) is 5.91 Å². The zero-order valence-corrected chi connectivity index (χ0v) is 22.8. The van der Waals surface area contributed by atoms with Crippen LogP contribution in [0, 0.1) is 0 Å². The number of sulfonamides is 1. The molecular weight excluding hydrogens is 510 g/mol. The van der Waals surface area contributed by atoms with Gasteiger partial charge >= 0.3 is 0 Å². The van der Waals surface area contributed by atoms with E-state index in [1.165, 1.54) is 0 Å². The first-order chi connectivity index (χ1) is 18.3. The van der Waals surface area contributed by atoms with Gasteiger partial charge in [0.15, 0.2) is 0 Å². The number of piperidine rings is 1. The van der Waals surface area contributed by atoms with Gasteiger partial charge < -0.3 is 25.0 Å². The van der Waals surface area contributed by atoms with Crippen molar-refractivity contribution < 1.29 is 27.5 Å². The molecule has 3 N–H and O–H groups in total. The van der Waals surface area contributed by atoms with Crippen molar-refractivity contribution in [3.05, 3.63) is 29.8 Å². The SMILES string of the molecule is CS(=O)(=O)N[C@@H]1CC[C@H]2CCOc3ccccc3C(=O)N3CCN(C4CCNCC4)C[C@H]3C(=O)NC[C@H]1O2. The van der Waals surface area contributed by atoms with Gasteiger partial charge in [-0.2, -0.15) is 0 Å². The Morgan fingerprint density at radius 2 is 1.82 bits per heavy atom. The lowest BCUT2D eigenvalue weighted by atomic mass is 9.97. The summed E-state index contributed by atoms with van der Waals surface area (Å²) in [5.74, 6) is 0.0330. The van der Waals surface area contributed by atoms with E-state index in [1.807, 2.05) is 12.1 Å². The number of nitrogens with one attached hydrogen (secondary N) is 3. The molecule has 3 fully saturated rings. The molecule has 0 aromatic heterocycles. The summed E-state index contributed by atoms with van der Waals surface area (Å²) < 4.78 is 39.0. The molecule has 2 bridgehead atoms. The molecule has 3 saturated heterocycles. The smallest absolute Gasteiger partial charge is 0.258 e. The normalized spacial score (nSPS) is 30.4. The van der Waals surface area contributed by atoms with Crippen molar-refractivity contribution >= 4 is 21.8 Å². The molecule has 11 nitrogen and oxygen atoms in total. The summed E-state index contributed by atoms with van der Waals surface area (Å²) in [6.07, 6.45) is 4.36. The minimum atomic E-state index is -3.45. The number of ether oxygens (including phenoxy) is 2. The first-order valence-corrected chi connectivity index (χ1v) is 15.6. The number of fused-ring (bicyclic) bond motifs is 4. The Balaban J connectivity index is 1.42. The van der Waals surface area contributed by atoms with E-state index in [9.17, 15) is 18.0 Å². The fourth-order valence-corrected chi connectivity index (χ4v) is 6.91. The molecule has 1 aromatic carbocycles. The van der Waals surface area contributed by atoms with Crippen LogP contribution in [0.2, 0.25) is 0 Å². The Bertz CT molecular complexity index is 1110. The van der Waals surface area contributed by atoms with Crippen molar-refractivity contribution in [2.45, 2.75) is 62.4 Å². The third kappa shape index (κ3) is 6.48. The molecule has 4 heterocycles. The molecule has 4 aliphatic rings. The van der Waals surface area contributed by atoms with Crippen LogP contribution in [0.15, 0.2) is 24.3 Å². The molecule has 4 aliphatic heterocycles. The van der Waals surface area contributed by atoms with Gasteiger partial charge in [0.05, 0.1) is 30.6 Å². The summed E-state index contributed by atoms with van der Waals surface area (Å²) in [6, 6.07) is 6.45. The minimum Gasteiger partial charge on any atom is -0.493 e. The summed E-state index contributed by atoms with van der Waals surface area (Å²) in [6.45, 7) is 4.01. The maximum Gasteiger partial charge on any atom is 0.258 e. The van der Waals surface area contributed by atoms with E-state index in [0.29, 0.717) is 62.9 Å². The number of hydrogen-bond acceptors (Lipinski definition) is 8. The monoisotopic (exact) mass is 549 g/mol. The highest BCUT2D eigenvalue weighted by atomic mass is 32.2. The highest BCUT2D eigenvalue weighted by Crippen LogP contribution is 2.27. The number of carbonyl (C=O) groups is 2. The van der Waals surface area contributed by atoms with Gasteiger partial charge in [-0.25, -0.2) is 13.1 Å². The summed E-state index contributed by atoms with van der Waals surface area (Å²) >= 11 is 0. The minimum absolute atomic E-state index is 0.137. The number of carbonyl (C=O) groups excluding carboxylic acids is 2. The third-order valence-corrected chi connectivity index (χ3v) is 8.80. The van der Waals surface area contributed by atoms with E-state index < -0.39 is 28.2 Å². The fourth-order valence-electron chi connectivity index (χ4n) is 6.09. The Labute approximate surface area is 224 Å². The maximum atomic E-state index is 13.8. The van der Waals surface area contributed by atoms with E-state index in [1.54, 1.807) is 17.0 Å². The molecule has 1 aromatic rings. The number of amides is 2. The van der Waals surface area contributed by atoms with Crippen LogP contribution in [0.25, 0.3) is 0 Å². The van der Waals surface area contributed by atoms with Gasteiger partial charge in [0, 0.05) is 44.7 Å². The fraction of sp³-hybridized carbons (Fsp3) is 0.692. The molecule has 0 unspecified atom stereocenters. The topological polar surface area (TPSA) is 129 Å². The van der Waals surface area contributed by atoms with Gasteiger partial charge in [0.2, 0.25) is 15.9 Å². The van der Waals surface area contributed by atoms with Crippen LogP contribution in [0.3, 0.4) is 0 Å². The highest BCUT2D eigenvalue weighted by Gasteiger charge is 2.40. The second kappa shape index (κ2) is 11.9. The summed E-state index contributed by atoms with van der Waals surface area (Å²) in [5.41, 5.74) is 0.456. The highest BCUT2D eigenvalue weighted by molar-refractivity contribution is 7.88. The van der Waals surface area contributed by atoms with Crippen molar-refractivity contribution in [3.8, 4) is 5.75 Å². The number of rotatable bonds is 3. The maximum absolute atomic E-state index is 13.8. The predicted molar refractivity (Wildman–Crippen MR) is 142 cm³/mol. The average Bonchev–Trinajstić information content (AvgIpc) is 2.91. The molecule has 2 amide bonds. The van der Waals surface area contributed by atoms with Crippen LogP contribution >= 0.6 is 0 Å². The second-order valence-electron chi connectivity index (χ2n) is 10.7. The van der Waals surface area contributed by atoms with E-state index >= 15 is 0 Å². The molecule has 0 radical (unpaired) electrons. The van der Waals surface area contributed by atoms with Crippen LogP contribution in [0.1, 0.15) is 42.5 Å². The zero-order chi connectivity index (χ0) is 26.7. The van der Waals surface area contributed by atoms with Crippen molar-refractivity contribution in [2.24, 2.45) is 0 Å². The molecule has 0 spiro atoms. The largest absolute Gasteiger partial charge is 0.493 e. The average molecular weight is 550 g/mol. The predicted octanol–water partition coefficient (Wildman–Crippen LogP) is -0.0709. The van der Waals surface area contributed by atoms with Gasteiger partial charge in [-0.05, 0) is 50.9 Å². The Morgan fingerprint density at radius 1 is 1.03 bits per heavy atom. The third-order valence-electron chi connectivity index (χ3n) is 8.07. The Morgan fingerprint density at radius 3 is 2.61 bits per heavy atom. The number of nitrogens with zero attached hydrogens (tertiary/aromatic N) is 2. The lowest BCUT2D eigenvalue weighted by Crippen LogP contribution is -2.63. The number of benzene rings is 1. The van der Waals surface area contributed by atoms with E-state index in [-0.39, 0.29) is 24.5 Å². The number of hydrogen-bond donors (Lipinski definition) is 3.